The zero-order chi connectivity index (χ0) is 15.0. The van der Waals surface area contributed by atoms with E-state index in [9.17, 15) is 0 Å². The lowest BCUT2D eigenvalue weighted by Crippen LogP contribution is -2.50. The molecule has 0 amide bonds. The van der Waals surface area contributed by atoms with Gasteiger partial charge in [0, 0.05) is 17.1 Å². The lowest BCUT2D eigenvalue weighted by Gasteiger charge is -2.46. The first-order chi connectivity index (χ1) is 10.0. The molecule has 0 aliphatic heterocycles. The number of aromatic nitrogens is 1. The Kier molecular flexibility index (Phi) is 3.75. The van der Waals surface area contributed by atoms with Gasteiger partial charge < -0.3 is 5.73 Å². The molecule has 2 nitrogen and oxygen atoms in total. The highest BCUT2D eigenvalue weighted by Crippen LogP contribution is 2.46. The number of nitrogens with two attached hydrogens (primary N) is 1. The third kappa shape index (κ3) is 2.46. The van der Waals surface area contributed by atoms with Crippen molar-refractivity contribution < 1.29 is 0 Å². The van der Waals surface area contributed by atoms with E-state index in [0.717, 1.165) is 11.9 Å². The van der Waals surface area contributed by atoms with Crippen LogP contribution in [0.5, 0.6) is 0 Å². The van der Waals surface area contributed by atoms with Crippen LogP contribution in [0.2, 0.25) is 0 Å². The molecule has 1 aliphatic rings. The van der Waals surface area contributed by atoms with Crippen LogP contribution in [0.3, 0.4) is 0 Å². The minimum absolute atomic E-state index is 0.228. The van der Waals surface area contributed by atoms with Crippen LogP contribution < -0.4 is 5.73 Å². The van der Waals surface area contributed by atoms with Gasteiger partial charge in [0.2, 0.25) is 0 Å². The molecule has 3 rings (SSSR count). The Morgan fingerprint density at radius 1 is 1.19 bits per heavy atom. The number of nitrogens with zero attached hydrogens (tertiary/aromatic N) is 1. The highest BCUT2D eigenvalue weighted by atomic mass is 14.8. The number of hydrogen-bond donors (Lipinski definition) is 1. The largest absolute Gasteiger partial charge is 0.321 e. The van der Waals surface area contributed by atoms with E-state index >= 15 is 0 Å². The second-order valence-electron chi connectivity index (χ2n) is 7.15. The highest BCUT2D eigenvalue weighted by molar-refractivity contribution is 5.83. The molecule has 1 aromatic carbocycles. The SMILES string of the molecule is CC1CCC(C(C)C)C(N)(c2cccc3ncccc23)C1. The fourth-order valence-electron chi connectivity index (χ4n) is 4.30. The smallest absolute Gasteiger partial charge is 0.0705 e. The Labute approximate surface area is 127 Å². The van der Waals surface area contributed by atoms with Gasteiger partial charge in [-0.05, 0) is 48.3 Å². The van der Waals surface area contributed by atoms with Crippen molar-refractivity contribution >= 4 is 10.9 Å². The topological polar surface area (TPSA) is 38.9 Å². The molecule has 2 aromatic rings. The van der Waals surface area contributed by atoms with E-state index in [-0.39, 0.29) is 5.54 Å². The first-order valence-electron chi connectivity index (χ1n) is 8.15. The van der Waals surface area contributed by atoms with Crippen molar-refractivity contribution in [1.82, 2.24) is 4.98 Å². The Hall–Kier alpha value is -1.41. The molecule has 1 fully saturated rings. The van der Waals surface area contributed by atoms with Crippen LogP contribution in [0.15, 0.2) is 36.5 Å². The van der Waals surface area contributed by atoms with Crippen molar-refractivity contribution in [2.75, 3.05) is 0 Å². The molecule has 1 saturated carbocycles. The molecule has 2 heteroatoms. The molecular formula is C19H26N2. The van der Waals surface area contributed by atoms with E-state index in [1.807, 2.05) is 12.3 Å². The monoisotopic (exact) mass is 282 g/mol. The van der Waals surface area contributed by atoms with Crippen molar-refractivity contribution in [2.24, 2.45) is 23.5 Å². The average Bonchev–Trinajstić information content (AvgIpc) is 2.46. The summed E-state index contributed by atoms with van der Waals surface area (Å²) in [6.45, 7) is 6.96. The minimum Gasteiger partial charge on any atom is -0.321 e. The Bertz CT molecular complexity index is 629. The van der Waals surface area contributed by atoms with Gasteiger partial charge in [-0.25, -0.2) is 0 Å². The summed E-state index contributed by atoms with van der Waals surface area (Å²) in [7, 11) is 0. The molecule has 3 atom stereocenters. The van der Waals surface area contributed by atoms with Gasteiger partial charge >= 0.3 is 0 Å². The maximum atomic E-state index is 7.05. The van der Waals surface area contributed by atoms with Crippen LogP contribution in [0.4, 0.5) is 0 Å². The second-order valence-corrected chi connectivity index (χ2v) is 7.15. The van der Waals surface area contributed by atoms with Gasteiger partial charge in [-0.2, -0.15) is 0 Å². The molecule has 21 heavy (non-hydrogen) atoms. The number of pyridine rings is 1. The predicted octanol–water partition coefficient (Wildman–Crippen LogP) is 4.48. The molecular weight excluding hydrogens is 256 g/mol. The molecule has 1 aromatic heterocycles. The van der Waals surface area contributed by atoms with E-state index in [2.05, 4.69) is 50.0 Å². The van der Waals surface area contributed by atoms with Crippen molar-refractivity contribution in [2.45, 2.75) is 45.6 Å². The van der Waals surface area contributed by atoms with Gasteiger partial charge in [0.1, 0.15) is 0 Å². The fourth-order valence-corrected chi connectivity index (χ4v) is 4.30. The molecule has 0 bridgehead atoms. The lowest BCUT2D eigenvalue weighted by molar-refractivity contribution is 0.109. The first-order valence-corrected chi connectivity index (χ1v) is 8.15. The number of fused-ring (bicyclic) bond motifs is 1. The van der Waals surface area contributed by atoms with Crippen molar-refractivity contribution in [3.63, 3.8) is 0 Å². The van der Waals surface area contributed by atoms with Crippen LogP contribution in [0, 0.1) is 17.8 Å². The molecule has 3 unspecified atom stereocenters. The van der Waals surface area contributed by atoms with Crippen molar-refractivity contribution in [3.8, 4) is 0 Å². The molecule has 2 N–H and O–H groups in total. The summed E-state index contributed by atoms with van der Waals surface area (Å²) in [5.41, 5.74) is 9.17. The fraction of sp³-hybridized carbons (Fsp3) is 0.526. The summed E-state index contributed by atoms with van der Waals surface area (Å²) in [5, 5.41) is 1.22. The van der Waals surface area contributed by atoms with Crippen molar-refractivity contribution in [1.29, 1.82) is 0 Å². The van der Waals surface area contributed by atoms with Gasteiger partial charge in [-0.15, -0.1) is 0 Å². The molecule has 1 aliphatic carbocycles. The maximum absolute atomic E-state index is 7.05. The molecule has 0 spiro atoms. The molecule has 0 radical (unpaired) electrons. The third-order valence-electron chi connectivity index (χ3n) is 5.27. The van der Waals surface area contributed by atoms with Gasteiger partial charge in [-0.3, -0.25) is 4.98 Å². The van der Waals surface area contributed by atoms with Gasteiger partial charge in [0.25, 0.3) is 0 Å². The minimum atomic E-state index is -0.228. The van der Waals surface area contributed by atoms with Gasteiger partial charge in [-0.1, -0.05) is 45.4 Å². The first kappa shape index (κ1) is 14.5. The molecule has 112 valence electrons. The summed E-state index contributed by atoms with van der Waals surface area (Å²) < 4.78 is 0. The average molecular weight is 282 g/mol. The summed E-state index contributed by atoms with van der Waals surface area (Å²) in [6.07, 6.45) is 5.46. The lowest BCUT2D eigenvalue weighted by atomic mass is 9.62. The Morgan fingerprint density at radius 3 is 2.76 bits per heavy atom. The quantitative estimate of drug-likeness (QED) is 0.882. The van der Waals surface area contributed by atoms with Crippen LogP contribution in [0.25, 0.3) is 10.9 Å². The van der Waals surface area contributed by atoms with E-state index < -0.39 is 0 Å². The maximum Gasteiger partial charge on any atom is 0.0705 e. The number of hydrogen-bond acceptors (Lipinski definition) is 2. The summed E-state index contributed by atoms with van der Waals surface area (Å²) in [6, 6.07) is 10.6. The van der Waals surface area contributed by atoms with Crippen LogP contribution >= 0.6 is 0 Å². The number of rotatable bonds is 2. The second kappa shape index (κ2) is 5.42. The third-order valence-corrected chi connectivity index (χ3v) is 5.27. The van der Waals surface area contributed by atoms with Crippen LogP contribution in [-0.4, -0.2) is 4.98 Å². The van der Waals surface area contributed by atoms with E-state index in [0.29, 0.717) is 17.8 Å². The summed E-state index contributed by atoms with van der Waals surface area (Å²) in [4.78, 5) is 4.50. The van der Waals surface area contributed by atoms with E-state index in [1.165, 1.54) is 23.8 Å². The summed E-state index contributed by atoms with van der Waals surface area (Å²) in [5.74, 6) is 1.84. The Morgan fingerprint density at radius 2 is 2.00 bits per heavy atom. The highest BCUT2D eigenvalue weighted by Gasteiger charge is 2.43. The molecule has 0 saturated heterocycles. The van der Waals surface area contributed by atoms with Crippen LogP contribution in [0.1, 0.15) is 45.6 Å². The van der Waals surface area contributed by atoms with Crippen molar-refractivity contribution in [3.05, 3.63) is 42.1 Å². The zero-order valence-corrected chi connectivity index (χ0v) is 13.3. The zero-order valence-electron chi connectivity index (χ0n) is 13.3. The van der Waals surface area contributed by atoms with Crippen LogP contribution in [-0.2, 0) is 5.54 Å². The van der Waals surface area contributed by atoms with Gasteiger partial charge in [0.05, 0.1) is 5.52 Å². The Balaban J connectivity index is 2.17. The normalized spacial score (nSPS) is 30.0. The summed E-state index contributed by atoms with van der Waals surface area (Å²) >= 11 is 0. The standard InChI is InChI=1S/C19H26N2/c1-13(2)16-10-9-14(3)12-19(16,20)17-7-4-8-18-15(17)6-5-11-21-18/h4-8,11,13-14,16H,9-10,12,20H2,1-3H3. The predicted molar refractivity (Wildman–Crippen MR) is 89.0 cm³/mol. The molecule has 1 heterocycles. The van der Waals surface area contributed by atoms with E-state index in [1.54, 1.807) is 0 Å². The number of benzene rings is 1. The van der Waals surface area contributed by atoms with E-state index in [4.69, 9.17) is 5.73 Å². The van der Waals surface area contributed by atoms with Gasteiger partial charge in [0.15, 0.2) is 0 Å².